The normalized spacial score (nSPS) is 17.5. The van der Waals surface area contributed by atoms with Crippen molar-refractivity contribution in [2.24, 2.45) is 0 Å². The van der Waals surface area contributed by atoms with Gasteiger partial charge in [0.05, 0.1) is 19.9 Å². The molecule has 1 spiro atoms. The lowest BCUT2D eigenvalue weighted by atomic mass is 10.1. The van der Waals surface area contributed by atoms with Gasteiger partial charge in [0.1, 0.15) is 0 Å². The predicted octanol–water partition coefficient (Wildman–Crippen LogP) is 1.99. The lowest BCUT2D eigenvalue weighted by Crippen LogP contribution is -2.54. The third kappa shape index (κ3) is 3.09. The molecule has 1 saturated heterocycles. The molecule has 1 aromatic carbocycles. The summed E-state index contributed by atoms with van der Waals surface area (Å²) in [6.45, 7) is 2.27. The zero-order chi connectivity index (χ0) is 20.0. The Morgan fingerprint density at radius 2 is 1.97 bits per heavy atom. The van der Waals surface area contributed by atoms with Crippen LogP contribution >= 0.6 is 0 Å². The highest BCUT2D eigenvalue weighted by Crippen LogP contribution is 2.38. The number of fused-ring (bicyclic) bond motifs is 1. The Balaban J connectivity index is 1.51. The molecule has 2 aromatic heterocycles. The summed E-state index contributed by atoms with van der Waals surface area (Å²) >= 11 is 0. The van der Waals surface area contributed by atoms with Crippen LogP contribution in [0.1, 0.15) is 23.3 Å². The van der Waals surface area contributed by atoms with Crippen molar-refractivity contribution in [1.29, 1.82) is 0 Å². The van der Waals surface area contributed by atoms with Crippen LogP contribution in [0.3, 0.4) is 0 Å². The number of piperazine rings is 1. The zero-order valence-electron chi connectivity index (χ0n) is 16.5. The van der Waals surface area contributed by atoms with Crippen LogP contribution in [-0.2, 0) is 0 Å². The standard InChI is InChI=1S/C21H23N5O3/c1-28-17-4-3-14(11-18(17)29-2)16-5-8-22-19-12-15(24-26(16)19)20(27)25-10-9-23-21(13-25)6-7-21/h3-5,8,11-12,23H,6-7,9-10,13H2,1-2H3. The third-order valence-corrected chi connectivity index (χ3v) is 5.77. The van der Waals surface area contributed by atoms with Crippen LogP contribution in [0.5, 0.6) is 11.5 Å². The number of hydrogen-bond acceptors (Lipinski definition) is 6. The van der Waals surface area contributed by atoms with E-state index >= 15 is 0 Å². The summed E-state index contributed by atoms with van der Waals surface area (Å²) in [5.41, 5.74) is 2.92. The maximum Gasteiger partial charge on any atom is 0.274 e. The second kappa shape index (κ2) is 6.73. The van der Waals surface area contributed by atoms with Gasteiger partial charge in [-0.1, -0.05) is 0 Å². The number of rotatable bonds is 4. The van der Waals surface area contributed by atoms with E-state index in [1.807, 2.05) is 29.2 Å². The average molecular weight is 393 g/mol. The molecule has 0 atom stereocenters. The van der Waals surface area contributed by atoms with E-state index in [1.165, 1.54) is 0 Å². The van der Waals surface area contributed by atoms with Gasteiger partial charge in [-0.25, -0.2) is 9.50 Å². The van der Waals surface area contributed by atoms with E-state index in [9.17, 15) is 4.79 Å². The van der Waals surface area contributed by atoms with Crippen molar-refractivity contribution in [2.75, 3.05) is 33.9 Å². The highest BCUT2D eigenvalue weighted by atomic mass is 16.5. The summed E-state index contributed by atoms with van der Waals surface area (Å²) in [6.07, 6.45) is 3.99. The van der Waals surface area contributed by atoms with Crippen LogP contribution in [0.4, 0.5) is 0 Å². The van der Waals surface area contributed by atoms with Crippen molar-refractivity contribution in [3.63, 3.8) is 0 Å². The number of amides is 1. The molecule has 3 heterocycles. The summed E-state index contributed by atoms with van der Waals surface area (Å²) in [7, 11) is 3.21. The zero-order valence-corrected chi connectivity index (χ0v) is 16.5. The van der Waals surface area contributed by atoms with Crippen molar-refractivity contribution in [1.82, 2.24) is 24.8 Å². The molecule has 5 rings (SSSR count). The fraction of sp³-hybridized carbons (Fsp3) is 0.381. The van der Waals surface area contributed by atoms with Gasteiger partial charge >= 0.3 is 0 Å². The number of ether oxygens (including phenoxy) is 2. The summed E-state index contributed by atoms with van der Waals surface area (Å²) in [6, 6.07) is 9.32. The Morgan fingerprint density at radius 1 is 1.14 bits per heavy atom. The van der Waals surface area contributed by atoms with E-state index in [4.69, 9.17) is 9.47 Å². The first-order valence-corrected chi connectivity index (χ1v) is 9.74. The molecule has 29 heavy (non-hydrogen) atoms. The van der Waals surface area contributed by atoms with Gasteiger partial charge in [-0.05, 0) is 37.1 Å². The van der Waals surface area contributed by atoms with Crippen molar-refractivity contribution in [3.8, 4) is 22.8 Å². The summed E-state index contributed by atoms with van der Waals surface area (Å²) in [5, 5.41) is 8.13. The van der Waals surface area contributed by atoms with Gasteiger partial charge < -0.3 is 19.7 Å². The van der Waals surface area contributed by atoms with Gasteiger partial charge in [0.2, 0.25) is 0 Å². The van der Waals surface area contributed by atoms with E-state index < -0.39 is 0 Å². The molecule has 150 valence electrons. The van der Waals surface area contributed by atoms with Crippen LogP contribution in [0.15, 0.2) is 36.5 Å². The third-order valence-electron chi connectivity index (χ3n) is 5.77. The molecule has 0 unspecified atom stereocenters. The minimum Gasteiger partial charge on any atom is -0.493 e. The minimum absolute atomic E-state index is 0.0402. The topological polar surface area (TPSA) is 81.0 Å². The van der Waals surface area contributed by atoms with Gasteiger partial charge in [0.15, 0.2) is 22.8 Å². The number of nitrogens with zero attached hydrogens (tertiary/aromatic N) is 4. The van der Waals surface area contributed by atoms with Crippen molar-refractivity contribution < 1.29 is 14.3 Å². The number of aromatic nitrogens is 3. The highest BCUT2D eigenvalue weighted by Gasteiger charge is 2.46. The van der Waals surface area contributed by atoms with Crippen LogP contribution in [0.25, 0.3) is 16.9 Å². The maximum atomic E-state index is 13.1. The lowest BCUT2D eigenvalue weighted by molar-refractivity contribution is 0.0685. The van der Waals surface area contributed by atoms with Crippen LogP contribution in [0.2, 0.25) is 0 Å². The number of carbonyl (C=O) groups excluding carboxylic acids is 1. The van der Waals surface area contributed by atoms with Crippen LogP contribution < -0.4 is 14.8 Å². The molecule has 1 N–H and O–H groups in total. The molecule has 1 saturated carbocycles. The fourth-order valence-electron chi connectivity index (χ4n) is 3.99. The fourth-order valence-corrected chi connectivity index (χ4v) is 3.99. The van der Waals surface area contributed by atoms with E-state index in [-0.39, 0.29) is 11.4 Å². The molecule has 0 bridgehead atoms. The number of benzene rings is 1. The molecule has 1 amide bonds. The van der Waals surface area contributed by atoms with Gasteiger partial charge in [-0.15, -0.1) is 0 Å². The molecule has 1 aliphatic carbocycles. The first kappa shape index (κ1) is 17.9. The molecular formula is C21H23N5O3. The number of carbonyl (C=O) groups is 1. The Morgan fingerprint density at radius 3 is 2.72 bits per heavy atom. The molecule has 0 radical (unpaired) electrons. The summed E-state index contributed by atoms with van der Waals surface area (Å²) in [4.78, 5) is 19.4. The number of methoxy groups -OCH3 is 2. The summed E-state index contributed by atoms with van der Waals surface area (Å²) in [5.74, 6) is 1.25. The minimum atomic E-state index is -0.0402. The number of nitrogens with one attached hydrogen (secondary N) is 1. The molecule has 8 heteroatoms. The van der Waals surface area contributed by atoms with Crippen molar-refractivity contribution in [3.05, 3.63) is 42.2 Å². The van der Waals surface area contributed by atoms with Gasteiger partial charge in [0.25, 0.3) is 5.91 Å². The molecule has 1 aliphatic heterocycles. The largest absolute Gasteiger partial charge is 0.493 e. The maximum absolute atomic E-state index is 13.1. The van der Waals surface area contributed by atoms with Crippen molar-refractivity contribution in [2.45, 2.75) is 18.4 Å². The van der Waals surface area contributed by atoms with E-state index in [0.29, 0.717) is 29.4 Å². The molecule has 2 aliphatic rings. The Labute approximate surface area is 168 Å². The van der Waals surface area contributed by atoms with Crippen molar-refractivity contribution >= 4 is 11.6 Å². The van der Waals surface area contributed by atoms with Crippen LogP contribution in [0, 0.1) is 0 Å². The monoisotopic (exact) mass is 393 g/mol. The first-order valence-electron chi connectivity index (χ1n) is 9.74. The van der Waals surface area contributed by atoms with E-state index in [2.05, 4.69) is 15.4 Å². The predicted molar refractivity (Wildman–Crippen MR) is 107 cm³/mol. The second-order valence-electron chi connectivity index (χ2n) is 7.63. The molecule has 3 aromatic rings. The Bertz CT molecular complexity index is 1090. The van der Waals surface area contributed by atoms with Gasteiger partial charge in [0, 0.05) is 43.0 Å². The Kier molecular flexibility index (Phi) is 4.16. The second-order valence-corrected chi connectivity index (χ2v) is 7.63. The lowest BCUT2D eigenvalue weighted by Gasteiger charge is -2.33. The molecule has 2 fully saturated rings. The first-order chi connectivity index (χ1) is 14.1. The molecular weight excluding hydrogens is 370 g/mol. The number of hydrogen-bond donors (Lipinski definition) is 1. The molecule has 8 nitrogen and oxygen atoms in total. The smallest absolute Gasteiger partial charge is 0.274 e. The quantitative estimate of drug-likeness (QED) is 0.730. The Hall–Kier alpha value is -3.13. The summed E-state index contributed by atoms with van der Waals surface area (Å²) < 4.78 is 12.5. The SMILES string of the molecule is COc1ccc(-c2ccnc3cc(C(=O)N4CCNC5(CC5)C4)nn23)cc1OC. The van der Waals surface area contributed by atoms with E-state index in [0.717, 1.165) is 37.2 Å². The van der Waals surface area contributed by atoms with E-state index in [1.54, 1.807) is 31.0 Å². The van der Waals surface area contributed by atoms with Gasteiger partial charge in [-0.2, -0.15) is 5.10 Å². The average Bonchev–Trinajstić information content (AvgIpc) is 3.35. The highest BCUT2D eigenvalue weighted by molar-refractivity contribution is 5.93. The van der Waals surface area contributed by atoms with Crippen LogP contribution in [-0.4, -0.2) is 64.8 Å². The van der Waals surface area contributed by atoms with Gasteiger partial charge in [-0.3, -0.25) is 4.79 Å².